The Kier molecular flexibility index (Phi) is 5.65. The second-order valence-electron chi connectivity index (χ2n) is 6.96. The highest BCUT2D eigenvalue weighted by Gasteiger charge is 2.30. The fourth-order valence-corrected chi connectivity index (χ4v) is 3.49. The summed E-state index contributed by atoms with van der Waals surface area (Å²) in [6.07, 6.45) is 0. The van der Waals surface area contributed by atoms with Crippen LogP contribution in [0.5, 0.6) is 17.2 Å². The van der Waals surface area contributed by atoms with Crippen molar-refractivity contribution in [3.63, 3.8) is 0 Å². The van der Waals surface area contributed by atoms with Gasteiger partial charge in [-0.15, -0.1) is 0 Å². The number of hydrogen-bond acceptors (Lipinski definition) is 4. The lowest BCUT2D eigenvalue weighted by molar-refractivity contribution is -0.121. The van der Waals surface area contributed by atoms with Gasteiger partial charge >= 0.3 is 0 Å². The van der Waals surface area contributed by atoms with Gasteiger partial charge in [-0.25, -0.2) is 13.2 Å². The maximum absolute atomic E-state index is 14.8. The van der Waals surface area contributed by atoms with E-state index in [9.17, 15) is 22.4 Å². The van der Waals surface area contributed by atoms with Crippen molar-refractivity contribution in [2.24, 2.45) is 0 Å². The molecule has 4 rings (SSSR count). The van der Waals surface area contributed by atoms with E-state index in [2.05, 4.69) is 4.74 Å². The van der Waals surface area contributed by atoms with Crippen molar-refractivity contribution in [2.45, 2.75) is 6.54 Å². The Morgan fingerprint density at radius 2 is 1.62 bits per heavy atom. The van der Waals surface area contributed by atoms with Crippen molar-refractivity contribution in [3.8, 4) is 28.4 Å². The third-order valence-corrected chi connectivity index (χ3v) is 5.12. The Morgan fingerprint density at radius 3 is 2.28 bits per heavy atom. The third kappa shape index (κ3) is 3.59. The van der Waals surface area contributed by atoms with Crippen molar-refractivity contribution >= 4 is 11.6 Å². The first-order valence-corrected chi connectivity index (χ1v) is 9.46. The zero-order valence-corrected chi connectivity index (χ0v) is 17.0. The van der Waals surface area contributed by atoms with Gasteiger partial charge < -0.3 is 19.1 Å². The Balaban J connectivity index is 1.80. The highest BCUT2D eigenvalue weighted by molar-refractivity contribution is 5.98. The first-order chi connectivity index (χ1) is 15.3. The molecule has 0 bridgehead atoms. The minimum absolute atomic E-state index is 0.117. The number of carbonyl (C=O) groups excluding carboxylic acids is 1. The van der Waals surface area contributed by atoms with Crippen LogP contribution in [0.1, 0.15) is 5.56 Å². The normalized spacial score (nSPS) is 12.9. The molecule has 1 aliphatic heterocycles. The topological polar surface area (TPSA) is 48.0 Å². The minimum Gasteiger partial charge on any atom is -0.497 e. The van der Waals surface area contributed by atoms with Gasteiger partial charge in [0.05, 0.1) is 32.0 Å². The van der Waals surface area contributed by atoms with Crippen molar-refractivity contribution in [1.82, 2.24) is 0 Å². The van der Waals surface area contributed by atoms with Gasteiger partial charge in [0.1, 0.15) is 11.5 Å². The predicted molar refractivity (Wildman–Crippen MR) is 108 cm³/mol. The van der Waals surface area contributed by atoms with E-state index in [-0.39, 0.29) is 30.3 Å². The molecule has 32 heavy (non-hydrogen) atoms. The average molecular weight is 447 g/mol. The van der Waals surface area contributed by atoms with Crippen LogP contribution in [-0.2, 0) is 11.3 Å². The fraction of sp³-hybridized carbons (Fsp3) is 0.174. The van der Waals surface area contributed by atoms with Gasteiger partial charge in [0.25, 0.3) is 5.91 Å². The fourth-order valence-electron chi connectivity index (χ4n) is 3.49. The molecule has 0 atom stereocenters. The van der Waals surface area contributed by atoms with Gasteiger partial charge in [-0.3, -0.25) is 4.79 Å². The quantitative estimate of drug-likeness (QED) is 0.319. The lowest BCUT2D eigenvalue weighted by atomic mass is 10.0. The number of rotatable bonds is 5. The van der Waals surface area contributed by atoms with Crippen LogP contribution in [0.15, 0.2) is 42.5 Å². The summed E-state index contributed by atoms with van der Waals surface area (Å²) in [6.45, 7) is -0.0705. The highest BCUT2D eigenvalue weighted by Crippen LogP contribution is 2.41. The number of methoxy groups -OCH3 is 2. The molecule has 1 amide bonds. The zero-order chi connectivity index (χ0) is 23.0. The van der Waals surface area contributed by atoms with Crippen LogP contribution in [0, 0.1) is 23.3 Å². The number of halogens is 4. The molecule has 0 saturated carbocycles. The number of nitrogens with zero attached hydrogens (tertiary/aromatic N) is 1. The van der Waals surface area contributed by atoms with Crippen molar-refractivity contribution in [2.75, 3.05) is 25.7 Å². The van der Waals surface area contributed by atoms with Gasteiger partial charge in [0, 0.05) is 0 Å². The summed E-state index contributed by atoms with van der Waals surface area (Å²) < 4.78 is 72.3. The van der Waals surface area contributed by atoms with Crippen LogP contribution >= 0.6 is 0 Å². The van der Waals surface area contributed by atoms with Gasteiger partial charge in [-0.1, -0.05) is 18.2 Å². The van der Waals surface area contributed by atoms with Crippen molar-refractivity contribution in [1.29, 1.82) is 0 Å². The Labute approximate surface area is 180 Å². The molecular formula is C23H17F4NO4. The molecule has 9 heteroatoms. The second-order valence-corrected chi connectivity index (χ2v) is 6.96. The first-order valence-electron chi connectivity index (χ1n) is 9.46. The molecule has 1 aliphatic rings. The summed E-state index contributed by atoms with van der Waals surface area (Å²) in [5.41, 5.74) is 0.0706. The first kappa shape index (κ1) is 21.5. The van der Waals surface area contributed by atoms with E-state index in [0.29, 0.717) is 11.5 Å². The predicted octanol–water partition coefficient (Wildman–Crippen LogP) is 4.85. The molecule has 3 aromatic carbocycles. The van der Waals surface area contributed by atoms with Crippen LogP contribution < -0.4 is 19.1 Å². The van der Waals surface area contributed by atoms with E-state index in [1.54, 1.807) is 24.3 Å². The molecule has 0 spiro atoms. The molecule has 0 aliphatic carbocycles. The van der Waals surface area contributed by atoms with E-state index >= 15 is 0 Å². The molecule has 0 radical (unpaired) electrons. The standard InChI is InChI=1S/C23H17F4NO4/c1-30-14-6-3-12(4-7-14)10-28-15-9-13(5-8-16(15)32-11-17(28)29)18-19(24)21(26)22(27)23(31-2)20(18)25/h3-9H,10-11H2,1-2H3. The summed E-state index contributed by atoms with van der Waals surface area (Å²) in [6, 6.07) is 11.0. The summed E-state index contributed by atoms with van der Waals surface area (Å²) in [5.74, 6) is -7.20. The van der Waals surface area contributed by atoms with E-state index in [0.717, 1.165) is 12.7 Å². The molecule has 1 heterocycles. The van der Waals surface area contributed by atoms with Crippen LogP contribution in [0.4, 0.5) is 23.2 Å². The minimum atomic E-state index is -1.86. The number of benzene rings is 3. The average Bonchev–Trinajstić information content (AvgIpc) is 2.80. The third-order valence-electron chi connectivity index (χ3n) is 5.12. The molecule has 0 unspecified atom stereocenters. The molecule has 5 nitrogen and oxygen atoms in total. The molecule has 0 saturated heterocycles. The Morgan fingerprint density at radius 1 is 0.906 bits per heavy atom. The molecule has 0 aromatic heterocycles. The number of fused-ring (bicyclic) bond motifs is 1. The lowest BCUT2D eigenvalue weighted by Gasteiger charge is -2.30. The van der Waals surface area contributed by atoms with E-state index < -0.39 is 34.6 Å². The van der Waals surface area contributed by atoms with Crippen LogP contribution in [0.2, 0.25) is 0 Å². The number of ether oxygens (including phenoxy) is 3. The largest absolute Gasteiger partial charge is 0.497 e. The monoisotopic (exact) mass is 447 g/mol. The number of carbonyl (C=O) groups is 1. The summed E-state index contributed by atoms with van der Waals surface area (Å²) in [4.78, 5) is 13.9. The summed E-state index contributed by atoms with van der Waals surface area (Å²) >= 11 is 0. The second kappa shape index (κ2) is 8.41. The summed E-state index contributed by atoms with van der Waals surface area (Å²) in [5, 5.41) is 0. The molecule has 0 fully saturated rings. The zero-order valence-electron chi connectivity index (χ0n) is 17.0. The maximum Gasteiger partial charge on any atom is 0.265 e. The maximum atomic E-state index is 14.8. The molecule has 0 N–H and O–H groups in total. The van der Waals surface area contributed by atoms with Gasteiger partial charge in [-0.05, 0) is 35.4 Å². The van der Waals surface area contributed by atoms with Gasteiger partial charge in [0.15, 0.2) is 29.8 Å². The Hall–Kier alpha value is -3.75. The van der Waals surface area contributed by atoms with Crippen LogP contribution in [-0.4, -0.2) is 26.7 Å². The highest BCUT2D eigenvalue weighted by atomic mass is 19.2. The van der Waals surface area contributed by atoms with E-state index in [4.69, 9.17) is 9.47 Å². The SMILES string of the molecule is COc1ccc(CN2C(=O)COc3ccc(-c4c(F)c(F)c(F)c(OC)c4F)cc32)cc1. The number of anilines is 1. The van der Waals surface area contributed by atoms with Crippen LogP contribution in [0.3, 0.4) is 0 Å². The molecular weight excluding hydrogens is 430 g/mol. The van der Waals surface area contributed by atoms with Crippen LogP contribution in [0.25, 0.3) is 11.1 Å². The van der Waals surface area contributed by atoms with Crippen molar-refractivity contribution in [3.05, 3.63) is 71.3 Å². The van der Waals surface area contributed by atoms with E-state index in [1.807, 2.05) is 0 Å². The summed E-state index contributed by atoms with van der Waals surface area (Å²) in [7, 11) is 2.47. The van der Waals surface area contributed by atoms with Crippen molar-refractivity contribution < 1.29 is 36.6 Å². The number of hydrogen-bond donors (Lipinski definition) is 0. The molecule has 3 aromatic rings. The Bertz CT molecular complexity index is 1200. The smallest absolute Gasteiger partial charge is 0.265 e. The van der Waals surface area contributed by atoms with Gasteiger partial charge in [0.2, 0.25) is 5.82 Å². The molecule has 166 valence electrons. The number of amides is 1. The van der Waals surface area contributed by atoms with Gasteiger partial charge in [-0.2, -0.15) is 4.39 Å². The van der Waals surface area contributed by atoms with E-state index in [1.165, 1.54) is 30.2 Å². The lowest BCUT2D eigenvalue weighted by Crippen LogP contribution is -2.38.